The van der Waals surface area contributed by atoms with Crippen molar-refractivity contribution in [2.24, 2.45) is 11.8 Å². The van der Waals surface area contributed by atoms with Crippen LogP contribution in [0, 0.1) is 11.8 Å². The van der Waals surface area contributed by atoms with Crippen LogP contribution >= 0.6 is 0 Å². The second-order valence-corrected chi connectivity index (χ2v) is 9.74. The first kappa shape index (κ1) is 24.1. The summed E-state index contributed by atoms with van der Waals surface area (Å²) in [5.74, 6) is 0.0261. The van der Waals surface area contributed by atoms with E-state index in [1.807, 2.05) is 13.8 Å². The van der Waals surface area contributed by atoms with Crippen molar-refractivity contribution < 1.29 is 27.5 Å². The standard InChI is InChI=1S/C21H32N2O6S/c1-5-28-21(25)17-10-12-23(13-11-17)30(26,27)19-8-6-18(7-9-19)29-16(4)20(24)22-14-15(2)3/h6-9,15-17H,5,10-14H2,1-4H3,(H,22,24)/t16-/m0/s1. The van der Waals surface area contributed by atoms with Gasteiger partial charge in [0.1, 0.15) is 5.75 Å². The molecule has 0 bridgehead atoms. The van der Waals surface area contributed by atoms with Crippen molar-refractivity contribution >= 4 is 21.9 Å². The summed E-state index contributed by atoms with van der Waals surface area (Å²) in [5.41, 5.74) is 0. The Morgan fingerprint density at radius 2 is 1.73 bits per heavy atom. The van der Waals surface area contributed by atoms with Crippen molar-refractivity contribution in [3.63, 3.8) is 0 Å². The van der Waals surface area contributed by atoms with Gasteiger partial charge in [-0.1, -0.05) is 13.8 Å². The number of hydrogen-bond acceptors (Lipinski definition) is 6. The molecule has 2 rings (SSSR count). The molecule has 1 aliphatic rings. The summed E-state index contributed by atoms with van der Waals surface area (Å²) in [6.07, 6.45) is 0.206. The lowest BCUT2D eigenvalue weighted by molar-refractivity contribution is -0.149. The average Bonchev–Trinajstić information content (AvgIpc) is 2.72. The summed E-state index contributed by atoms with van der Waals surface area (Å²) in [4.78, 5) is 24.0. The summed E-state index contributed by atoms with van der Waals surface area (Å²) in [7, 11) is -3.66. The second-order valence-electron chi connectivity index (χ2n) is 7.80. The molecule has 1 fully saturated rings. The van der Waals surface area contributed by atoms with E-state index in [4.69, 9.17) is 9.47 Å². The first-order valence-corrected chi connectivity index (χ1v) is 11.8. The lowest BCUT2D eigenvalue weighted by atomic mass is 9.98. The van der Waals surface area contributed by atoms with Crippen LogP contribution < -0.4 is 10.1 Å². The van der Waals surface area contributed by atoms with Gasteiger partial charge >= 0.3 is 5.97 Å². The molecular formula is C21H32N2O6S. The van der Waals surface area contributed by atoms with Gasteiger partial charge in [-0.05, 0) is 56.9 Å². The number of piperidine rings is 1. The highest BCUT2D eigenvalue weighted by atomic mass is 32.2. The van der Waals surface area contributed by atoms with Gasteiger partial charge in [-0.3, -0.25) is 9.59 Å². The number of sulfonamides is 1. The van der Waals surface area contributed by atoms with Crippen LogP contribution in [-0.2, 0) is 24.3 Å². The van der Waals surface area contributed by atoms with E-state index in [0.29, 0.717) is 37.7 Å². The molecular weight excluding hydrogens is 408 g/mol. The zero-order chi connectivity index (χ0) is 22.3. The molecule has 0 spiro atoms. The van der Waals surface area contributed by atoms with Gasteiger partial charge in [0, 0.05) is 19.6 Å². The molecule has 8 nitrogen and oxygen atoms in total. The quantitative estimate of drug-likeness (QED) is 0.591. The minimum Gasteiger partial charge on any atom is -0.481 e. The van der Waals surface area contributed by atoms with Gasteiger partial charge in [0.25, 0.3) is 5.91 Å². The van der Waals surface area contributed by atoms with E-state index in [1.54, 1.807) is 26.0 Å². The number of carbonyl (C=O) groups excluding carboxylic acids is 2. The van der Waals surface area contributed by atoms with Crippen molar-refractivity contribution in [3.8, 4) is 5.75 Å². The summed E-state index contributed by atoms with van der Waals surface area (Å²) in [5, 5.41) is 2.80. The van der Waals surface area contributed by atoms with Crippen molar-refractivity contribution in [2.75, 3.05) is 26.2 Å². The zero-order valence-electron chi connectivity index (χ0n) is 18.1. The molecule has 1 aromatic rings. The summed E-state index contributed by atoms with van der Waals surface area (Å²) in [6.45, 7) is 8.85. The number of nitrogens with zero attached hydrogens (tertiary/aromatic N) is 1. The molecule has 9 heteroatoms. The normalized spacial score (nSPS) is 16.8. The number of carbonyl (C=O) groups is 2. The predicted molar refractivity (Wildman–Crippen MR) is 112 cm³/mol. The van der Waals surface area contributed by atoms with Crippen molar-refractivity contribution in [3.05, 3.63) is 24.3 Å². The van der Waals surface area contributed by atoms with E-state index < -0.39 is 16.1 Å². The van der Waals surface area contributed by atoms with Crippen molar-refractivity contribution in [1.82, 2.24) is 9.62 Å². The Balaban J connectivity index is 1.95. The van der Waals surface area contributed by atoms with Crippen molar-refractivity contribution in [1.29, 1.82) is 0 Å². The Hall–Kier alpha value is -2.13. The molecule has 1 heterocycles. The molecule has 0 aromatic heterocycles. The van der Waals surface area contributed by atoms with Crippen LogP contribution in [0.25, 0.3) is 0 Å². The van der Waals surface area contributed by atoms with Crippen LogP contribution in [0.15, 0.2) is 29.2 Å². The highest BCUT2D eigenvalue weighted by Crippen LogP contribution is 2.26. The van der Waals surface area contributed by atoms with Gasteiger partial charge in [-0.2, -0.15) is 4.31 Å². The van der Waals surface area contributed by atoms with Gasteiger partial charge in [0.2, 0.25) is 10.0 Å². The number of benzene rings is 1. The fraction of sp³-hybridized carbons (Fsp3) is 0.619. The van der Waals surface area contributed by atoms with Crippen LogP contribution in [0.2, 0.25) is 0 Å². The van der Waals surface area contributed by atoms with Crippen LogP contribution in [-0.4, -0.2) is 56.9 Å². The van der Waals surface area contributed by atoms with Gasteiger partial charge in [0.15, 0.2) is 6.10 Å². The Kier molecular flexibility index (Phi) is 8.66. The van der Waals surface area contributed by atoms with E-state index in [1.165, 1.54) is 16.4 Å². The minimum absolute atomic E-state index is 0.154. The minimum atomic E-state index is -3.66. The molecule has 168 valence electrons. The second kappa shape index (κ2) is 10.8. The molecule has 0 radical (unpaired) electrons. The van der Waals surface area contributed by atoms with Gasteiger partial charge in [-0.25, -0.2) is 8.42 Å². The van der Waals surface area contributed by atoms with E-state index in [2.05, 4.69) is 5.32 Å². The summed E-state index contributed by atoms with van der Waals surface area (Å²) >= 11 is 0. The van der Waals surface area contributed by atoms with E-state index in [0.717, 1.165) is 0 Å². The first-order valence-electron chi connectivity index (χ1n) is 10.4. The fourth-order valence-corrected chi connectivity index (χ4v) is 4.61. The SMILES string of the molecule is CCOC(=O)C1CCN(S(=O)(=O)c2ccc(O[C@@H](C)C(=O)NCC(C)C)cc2)CC1. The third-order valence-corrected chi connectivity index (χ3v) is 6.81. The van der Waals surface area contributed by atoms with E-state index in [-0.39, 0.29) is 35.8 Å². The topological polar surface area (TPSA) is 102 Å². The first-order chi connectivity index (χ1) is 14.1. The highest BCUT2D eigenvalue weighted by Gasteiger charge is 2.32. The monoisotopic (exact) mass is 440 g/mol. The number of hydrogen-bond donors (Lipinski definition) is 1. The molecule has 30 heavy (non-hydrogen) atoms. The number of rotatable bonds is 9. The molecule has 1 amide bonds. The number of esters is 1. The smallest absolute Gasteiger partial charge is 0.309 e. The number of nitrogens with one attached hydrogen (secondary N) is 1. The Labute approximate surface area is 179 Å². The Bertz CT molecular complexity index is 814. The lowest BCUT2D eigenvalue weighted by Gasteiger charge is -2.30. The Morgan fingerprint density at radius 1 is 1.13 bits per heavy atom. The number of amides is 1. The molecule has 1 saturated heterocycles. The van der Waals surface area contributed by atoms with Crippen LogP contribution in [0.3, 0.4) is 0 Å². The Morgan fingerprint density at radius 3 is 2.27 bits per heavy atom. The molecule has 0 aliphatic carbocycles. The highest BCUT2D eigenvalue weighted by molar-refractivity contribution is 7.89. The fourth-order valence-electron chi connectivity index (χ4n) is 3.14. The number of ether oxygens (including phenoxy) is 2. The third-order valence-electron chi connectivity index (χ3n) is 4.90. The predicted octanol–water partition coefficient (Wildman–Crippen LogP) is 2.19. The maximum Gasteiger partial charge on any atom is 0.309 e. The van der Waals surface area contributed by atoms with E-state index >= 15 is 0 Å². The van der Waals surface area contributed by atoms with Crippen molar-refractivity contribution in [2.45, 2.75) is 51.5 Å². The zero-order valence-corrected chi connectivity index (χ0v) is 18.9. The lowest BCUT2D eigenvalue weighted by Crippen LogP contribution is -2.40. The molecule has 1 atom stereocenters. The molecule has 1 N–H and O–H groups in total. The maximum absolute atomic E-state index is 12.9. The molecule has 1 aliphatic heterocycles. The molecule has 0 unspecified atom stereocenters. The van der Waals surface area contributed by atoms with Gasteiger partial charge in [-0.15, -0.1) is 0 Å². The summed E-state index contributed by atoms with van der Waals surface area (Å²) in [6, 6.07) is 6.04. The van der Waals surface area contributed by atoms with Gasteiger partial charge in [0.05, 0.1) is 17.4 Å². The largest absolute Gasteiger partial charge is 0.481 e. The maximum atomic E-state index is 12.9. The van der Waals surface area contributed by atoms with Crippen LogP contribution in [0.1, 0.15) is 40.5 Å². The van der Waals surface area contributed by atoms with Gasteiger partial charge < -0.3 is 14.8 Å². The third kappa shape index (κ3) is 6.43. The van der Waals surface area contributed by atoms with Crippen LogP contribution in [0.5, 0.6) is 5.75 Å². The average molecular weight is 441 g/mol. The van der Waals surface area contributed by atoms with E-state index in [9.17, 15) is 18.0 Å². The molecule has 1 aromatic carbocycles. The van der Waals surface area contributed by atoms with Crippen LogP contribution in [0.4, 0.5) is 0 Å². The summed E-state index contributed by atoms with van der Waals surface area (Å²) < 4.78 is 37.8. The molecule has 0 saturated carbocycles.